The monoisotopic (exact) mass is 291 g/mol. The molecule has 0 atom stereocenters. The molecule has 2 rings (SSSR count). The van der Waals surface area contributed by atoms with Crippen molar-refractivity contribution in [3.8, 4) is 10.6 Å². The lowest BCUT2D eigenvalue weighted by Crippen LogP contribution is -2.03. The number of carboxylic acids is 1. The Morgan fingerprint density at radius 1 is 1.30 bits per heavy atom. The number of thiazole rings is 1. The summed E-state index contributed by atoms with van der Waals surface area (Å²) < 4.78 is 5.02. The van der Waals surface area contributed by atoms with Crippen LogP contribution in [0.3, 0.4) is 0 Å². The Labute approximate surface area is 119 Å². The molecule has 104 valence electrons. The van der Waals surface area contributed by atoms with E-state index in [1.165, 1.54) is 6.92 Å². The maximum Gasteiger partial charge on any atom is 0.356 e. The van der Waals surface area contributed by atoms with Crippen molar-refractivity contribution in [2.75, 3.05) is 7.11 Å². The minimum Gasteiger partial charge on any atom is -0.476 e. The summed E-state index contributed by atoms with van der Waals surface area (Å²) in [5.41, 5.74) is 1.61. The molecular formula is C14H13NO4S. The summed E-state index contributed by atoms with van der Waals surface area (Å²) in [5, 5.41) is 9.59. The van der Waals surface area contributed by atoms with Gasteiger partial charge in [-0.2, -0.15) is 0 Å². The number of ketones is 1. The molecule has 0 saturated carbocycles. The molecule has 0 saturated heterocycles. The lowest BCUT2D eigenvalue weighted by Gasteiger charge is -2.00. The van der Waals surface area contributed by atoms with Gasteiger partial charge in [0.2, 0.25) is 0 Å². The van der Waals surface area contributed by atoms with Crippen LogP contribution in [0.15, 0.2) is 24.3 Å². The fourth-order valence-electron chi connectivity index (χ4n) is 1.74. The molecule has 1 heterocycles. The quantitative estimate of drug-likeness (QED) is 0.857. The van der Waals surface area contributed by atoms with Crippen LogP contribution in [0.1, 0.15) is 32.6 Å². The highest BCUT2D eigenvalue weighted by molar-refractivity contribution is 7.17. The Hall–Kier alpha value is -2.05. The van der Waals surface area contributed by atoms with Crippen LogP contribution in [0.4, 0.5) is 0 Å². The SMILES string of the molecule is COCc1ccc(-c2nc(C(=O)O)c(C(C)=O)s2)cc1. The van der Waals surface area contributed by atoms with E-state index in [0.717, 1.165) is 22.5 Å². The minimum absolute atomic E-state index is 0.175. The van der Waals surface area contributed by atoms with Crippen molar-refractivity contribution in [3.05, 3.63) is 40.4 Å². The second kappa shape index (κ2) is 5.94. The summed E-state index contributed by atoms with van der Waals surface area (Å²) in [6.45, 7) is 1.85. The summed E-state index contributed by atoms with van der Waals surface area (Å²) in [6.07, 6.45) is 0. The van der Waals surface area contributed by atoms with Crippen molar-refractivity contribution in [1.29, 1.82) is 0 Å². The Morgan fingerprint density at radius 2 is 1.95 bits per heavy atom. The number of hydrogen-bond donors (Lipinski definition) is 1. The number of Topliss-reactive ketones (excluding diaryl/α,β-unsaturated/α-hetero) is 1. The van der Waals surface area contributed by atoms with Gasteiger partial charge in [-0.3, -0.25) is 4.79 Å². The minimum atomic E-state index is -1.19. The van der Waals surface area contributed by atoms with Crippen molar-refractivity contribution in [3.63, 3.8) is 0 Å². The van der Waals surface area contributed by atoms with E-state index in [1.807, 2.05) is 24.3 Å². The van der Waals surface area contributed by atoms with Crippen molar-refractivity contribution in [1.82, 2.24) is 4.98 Å². The van der Waals surface area contributed by atoms with Gasteiger partial charge in [-0.1, -0.05) is 24.3 Å². The molecule has 0 bridgehead atoms. The van der Waals surface area contributed by atoms with Gasteiger partial charge in [0.25, 0.3) is 0 Å². The largest absolute Gasteiger partial charge is 0.476 e. The molecule has 1 aromatic heterocycles. The fourth-order valence-corrected chi connectivity index (χ4v) is 2.69. The maximum absolute atomic E-state index is 11.4. The third-order valence-corrected chi connectivity index (χ3v) is 3.87. The normalized spacial score (nSPS) is 10.5. The molecule has 0 unspecified atom stereocenters. The van der Waals surface area contributed by atoms with Gasteiger partial charge >= 0.3 is 5.97 Å². The number of methoxy groups -OCH3 is 1. The first kappa shape index (κ1) is 14.4. The molecule has 0 aliphatic rings. The van der Waals surface area contributed by atoms with E-state index < -0.39 is 5.97 Å². The summed E-state index contributed by atoms with van der Waals surface area (Å²) in [5.74, 6) is -1.48. The number of hydrogen-bond acceptors (Lipinski definition) is 5. The molecule has 0 fully saturated rings. The fraction of sp³-hybridized carbons (Fsp3) is 0.214. The van der Waals surface area contributed by atoms with Crippen LogP contribution in [-0.2, 0) is 11.3 Å². The highest BCUT2D eigenvalue weighted by Gasteiger charge is 2.21. The van der Waals surface area contributed by atoms with Crippen molar-refractivity contribution in [2.24, 2.45) is 0 Å². The predicted molar refractivity (Wildman–Crippen MR) is 75.2 cm³/mol. The third kappa shape index (κ3) is 2.92. The van der Waals surface area contributed by atoms with Crippen LogP contribution < -0.4 is 0 Å². The number of aromatic nitrogens is 1. The first-order valence-electron chi connectivity index (χ1n) is 5.86. The summed E-state index contributed by atoms with van der Waals surface area (Å²) in [4.78, 5) is 26.7. The zero-order chi connectivity index (χ0) is 14.7. The average molecular weight is 291 g/mol. The molecule has 1 N–H and O–H groups in total. The smallest absolute Gasteiger partial charge is 0.356 e. The van der Waals surface area contributed by atoms with Gasteiger partial charge in [-0.15, -0.1) is 11.3 Å². The molecule has 5 nitrogen and oxygen atoms in total. The van der Waals surface area contributed by atoms with Gasteiger partial charge in [-0.25, -0.2) is 9.78 Å². The zero-order valence-corrected chi connectivity index (χ0v) is 11.9. The van der Waals surface area contributed by atoms with Crippen LogP contribution in [-0.4, -0.2) is 29.0 Å². The first-order chi connectivity index (χ1) is 9.52. The van der Waals surface area contributed by atoms with Gasteiger partial charge in [0.05, 0.1) is 6.61 Å². The van der Waals surface area contributed by atoms with Gasteiger partial charge in [-0.05, 0) is 5.56 Å². The average Bonchev–Trinajstić information content (AvgIpc) is 2.85. The molecule has 6 heteroatoms. The van der Waals surface area contributed by atoms with E-state index in [9.17, 15) is 9.59 Å². The van der Waals surface area contributed by atoms with Crippen LogP contribution in [0.5, 0.6) is 0 Å². The second-order valence-electron chi connectivity index (χ2n) is 4.19. The molecule has 0 amide bonds. The number of carboxylic acid groups (broad SMARTS) is 1. The van der Waals surface area contributed by atoms with Gasteiger partial charge in [0.15, 0.2) is 11.5 Å². The second-order valence-corrected chi connectivity index (χ2v) is 5.19. The van der Waals surface area contributed by atoms with E-state index in [0.29, 0.717) is 11.6 Å². The number of carbonyl (C=O) groups is 2. The van der Waals surface area contributed by atoms with E-state index in [-0.39, 0.29) is 16.4 Å². The van der Waals surface area contributed by atoms with E-state index in [2.05, 4.69) is 4.98 Å². The maximum atomic E-state index is 11.4. The number of rotatable bonds is 5. The zero-order valence-electron chi connectivity index (χ0n) is 11.0. The lowest BCUT2D eigenvalue weighted by atomic mass is 10.1. The molecule has 0 radical (unpaired) electrons. The highest BCUT2D eigenvalue weighted by Crippen LogP contribution is 2.29. The molecule has 1 aromatic carbocycles. The van der Waals surface area contributed by atoms with E-state index in [1.54, 1.807) is 7.11 Å². The lowest BCUT2D eigenvalue weighted by molar-refractivity contribution is 0.0687. The van der Waals surface area contributed by atoms with Crippen LogP contribution in [0.2, 0.25) is 0 Å². The Bertz CT molecular complexity index is 614. The van der Waals surface area contributed by atoms with Gasteiger partial charge in [0.1, 0.15) is 9.88 Å². The van der Waals surface area contributed by atoms with E-state index >= 15 is 0 Å². The molecule has 20 heavy (non-hydrogen) atoms. The number of ether oxygens (including phenoxy) is 1. The Morgan fingerprint density at radius 3 is 2.40 bits per heavy atom. The van der Waals surface area contributed by atoms with Crippen LogP contribution in [0, 0.1) is 0 Å². The summed E-state index contributed by atoms with van der Waals surface area (Å²) in [6, 6.07) is 7.44. The van der Waals surface area contributed by atoms with Crippen molar-refractivity contribution >= 4 is 23.1 Å². The van der Waals surface area contributed by atoms with Crippen molar-refractivity contribution < 1.29 is 19.4 Å². The van der Waals surface area contributed by atoms with Crippen LogP contribution >= 0.6 is 11.3 Å². The molecular weight excluding hydrogens is 278 g/mol. The Kier molecular flexibility index (Phi) is 4.26. The molecule has 0 aliphatic carbocycles. The molecule has 0 aliphatic heterocycles. The Balaban J connectivity index is 2.40. The van der Waals surface area contributed by atoms with Gasteiger partial charge in [0, 0.05) is 19.6 Å². The number of nitrogens with zero attached hydrogens (tertiary/aromatic N) is 1. The predicted octanol–water partition coefficient (Wildman–Crippen LogP) is 2.86. The number of benzene rings is 1. The highest BCUT2D eigenvalue weighted by atomic mass is 32.1. The van der Waals surface area contributed by atoms with Crippen LogP contribution in [0.25, 0.3) is 10.6 Å². The van der Waals surface area contributed by atoms with E-state index in [4.69, 9.17) is 9.84 Å². The third-order valence-electron chi connectivity index (χ3n) is 2.66. The van der Waals surface area contributed by atoms with Gasteiger partial charge < -0.3 is 9.84 Å². The number of carbonyl (C=O) groups excluding carboxylic acids is 1. The number of aromatic carboxylic acids is 1. The van der Waals surface area contributed by atoms with Crippen molar-refractivity contribution in [2.45, 2.75) is 13.5 Å². The standard InChI is InChI=1S/C14H13NO4S/c1-8(16)12-11(14(17)18)15-13(20-12)10-5-3-9(4-6-10)7-19-2/h3-6H,7H2,1-2H3,(H,17,18). The molecule has 0 spiro atoms. The first-order valence-corrected chi connectivity index (χ1v) is 6.68. The topological polar surface area (TPSA) is 76.5 Å². The molecule has 2 aromatic rings. The summed E-state index contributed by atoms with van der Waals surface area (Å²) in [7, 11) is 1.62. The summed E-state index contributed by atoms with van der Waals surface area (Å²) >= 11 is 1.10.